The van der Waals surface area contributed by atoms with Gasteiger partial charge in [-0.2, -0.15) is 22.0 Å². The van der Waals surface area contributed by atoms with Crippen LogP contribution in [0.15, 0.2) is 24.3 Å². The van der Waals surface area contributed by atoms with Crippen molar-refractivity contribution in [1.82, 2.24) is 0 Å². The van der Waals surface area contributed by atoms with Crippen LogP contribution in [0.5, 0.6) is 5.75 Å². The van der Waals surface area contributed by atoms with Gasteiger partial charge in [0.15, 0.2) is 5.69 Å². The van der Waals surface area contributed by atoms with Crippen LogP contribution >= 0.6 is 45.2 Å². The molecule has 0 radical (unpaired) electrons. The number of benzene rings is 2. The monoisotopic (exact) mass is 690 g/mol. The third-order valence-corrected chi connectivity index (χ3v) is 5.27. The zero-order chi connectivity index (χ0) is 24.6. The first-order chi connectivity index (χ1) is 14.5. The number of hydrogen-bond acceptors (Lipinski definition) is 8. The maximum absolute atomic E-state index is 13.3. The van der Waals surface area contributed by atoms with Gasteiger partial charge in [-0.3, -0.25) is 30.3 Å². The van der Waals surface area contributed by atoms with E-state index in [0.29, 0.717) is 18.2 Å². The zero-order valence-electron chi connectivity index (χ0n) is 14.7. The van der Waals surface area contributed by atoms with Crippen LogP contribution in [-0.2, 0) is 0 Å². The first-order valence-electron chi connectivity index (χ1n) is 7.56. The van der Waals surface area contributed by atoms with E-state index in [9.17, 15) is 52.3 Å². The number of alkyl halides is 5. The van der Waals surface area contributed by atoms with Crippen LogP contribution in [0.1, 0.15) is 0 Å². The molecule has 32 heavy (non-hydrogen) atoms. The summed E-state index contributed by atoms with van der Waals surface area (Å²) in [5.41, 5.74) is -4.43. The molecule has 0 saturated carbocycles. The summed E-state index contributed by atoms with van der Waals surface area (Å²) in [7, 11) is 0. The van der Waals surface area contributed by atoms with Gasteiger partial charge in [0.2, 0.25) is 0 Å². The van der Waals surface area contributed by atoms with Gasteiger partial charge in [-0.25, -0.2) is 0 Å². The highest BCUT2D eigenvalue weighted by atomic mass is 127. The summed E-state index contributed by atoms with van der Waals surface area (Å²) in [6.45, 7) is 0. The van der Waals surface area contributed by atoms with E-state index >= 15 is 0 Å². The van der Waals surface area contributed by atoms with Gasteiger partial charge in [0, 0.05) is 9.64 Å². The molecule has 18 heteroatoms. The average molecular weight is 690 g/mol. The Labute approximate surface area is 199 Å². The number of nitrogens with one attached hydrogen (secondary N) is 1. The second-order valence-electron chi connectivity index (χ2n) is 5.63. The SMILES string of the molecule is O=[N+]([O-])c1cc([N+](=O)[O-])c(Nc2cc(OC(F)(F)C(F)(F)F)c(I)cc2I)c([N+](=O)[O-])c1. The molecule has 0 atom stereocenters. The van der Waals surface area contributed by atoms with E-state index in [-0.39, 0.29) is 12.8 Å². The molecule has 0 unspecified atom stereocenters. The Bertz CT molecular complexity index is 1090. The van der Waals surface area contributed by atoms with Gasteiger partial charge in [-0.1, -0.05) is 0 Å². The molecule has 0 aliphatic rings. The molecule has 0 bridgehead atoms. The number of nitrogens with zero attached hydrogens (tertiary/aromatic N) is 3. The highest BCUT2D eigenvalue weighted by molar-refractivity contribution is 14.1. The molecule has 1 N–H and O–H groups in total. The number of ether oxygens (including phenoxy) is 1. The third-order valence-electron chi connectivity index (χ3n) is 3.54. The number of non-ortho nitro benzene ring substituents is 1. The smallest absolute Gasteiger partial charge is 0.425 e. The third kappa shape index (κ3) is 5.39. The Hall–Kier alpha value is -2.65. The lowest BCUT2D eigenvalue weighted by Gasteiger charge is -2.21. The molecule has 172 valence electrons. The summed E-state index contributed by atoms with van der Waals surface area (Å²) in [6.07, 6.45) is -11.6. The first-order valence-corrected chi connectivity index (χ1v) is 9.71. The van der Waals surface area contributed by atoms with Crippen molar-refractivity contribution in [2.24, 2.45) is 0 Å². The number of nitro groups is 3. The summed E-state index contributed by atoms with van der Waals surface area (Å²) < 4.78 is 67.7. The van der Waals surface area contributed by atoms with Crippen LogP contribution in [0.3, 0.4) is 0 Å². The van der Waals surface area contributed by atoms with Crippen LogP contribution in [0.4, 0.5) is 50.4 Å². The normalized spacial score (nSPS) is 11.7. The van der Waals surface area contributed by atoms with Crippen LogP contribution < -0.4 is 10.1 Å². The molecule has 0 heterocycles. The molecule has 2 aromatic rings. The highest BCUT2D eigenvalue weighted by Gasteiger charge is 2.61. The lowest BCUT2D eigenvalue weighted by Crippen LogP contribution is -2.42. The van der Waals surface area contributed by atoms with Gasteiger partial charge < -0.3 is 10.1 Å². The molecule has 0 saturated heterocycles. The number of hydrogen-bond donors (Lipinski definition) is 1. The van der Waals surface area contributed by atoms with Crippen molar-refractivity contribution in [2.45, 2.75) is 12.3 Å². The minimum atomic E-state index is -6.05. The van der Waals surface area contributed by atoms with Crippen molar-refractivity contribution in [3.05, 3.63) is 61.7 Å². The van der Waals surface area contributed by atoms with Crippen LogP contribution in [-0.4, -0.2) is 27.1 Å². The van der Waals surface area contributed by atoms with Crippen molar-refractivity contribution >= 4 is 73.6 Å². The molecule has 2 rings (SSSR count). The fourth-order valence-corrected chi connectivity index (χ4v) is 3.93. The molecule has 2 aromatic carbocycles. The predicted octanol–water partition coefficient (Wildman–Crippen LogP) is 5.90. The summed E-state index contributed by atoms with van der Waals surface area (Å²) in [5.74, 6) is -0.983. The summed E-state index contributed by atoms with van der Waals surface area (Å²) in [6, 6.07) is 2.53. The van der Waals surface area contributed by atoms with Crippen LogP contribution in [0.2, 0.25) is 0 Å². The topological polar surface area (TPSA) is 151 Å². The Morgan fingerprint density at radius 1 is 0.812 bits per heavy atom. The maximum Gasteiger partial charge on any atom is 0.499 e. The second kappa shape index (κ2) is 9.07. The number of anilines is 2. The lowest BCUT2D eigenvalue weighted by molar-refractivity contribution is -0.401. The van der Waals surface area contributed by atoms with Gasteiger partial charge in [-0.05, 0) is 51.2 Å². The average Bonchev–Trinajstić information content (AvgIpc) is 2.63. The van der Waals surface area contributed by atoms with Crippen molar-refractivity contribution in [3.63, 3.8) is 0 Å². The van der Waals surface area contributed by atoms with Crippen LogP contribution in [0, 0.1) is 37.5 Å². The van der Waals surface area contributed by atoms with E-state index in [1.54, 1.807) is 22.6 Å². The quantitative estimate of drug-likeness (QED) is 0.163. The van der Waals surface area contributed by atoms with E-state index < -0.39 is 55.6 Å². The van der Waals surface area contributed by atoms with Crippen molar-refractivity contribution in [2.75, 3.05) is 5.32 Å². The van der Waals surface area contributed by atoms with Gasteiger partial charge in [0.1, 0.15) is 5.75 Å². The fourth-order valence-electron chi connectivity index (χ4n) is 2.15. The molecule has 0 aliphatic carbocycles. The fraction of sp³-hybridized carbons (Fsp3) is 0.143. The van der Waals surface area contributed by atoms with Crippen molar-refractivity contribution in [3.8, 4) is 5.75 Å². The first kappa shape index (κ1) is 25.6. The largest absolute Gasteiger partial charge is 0.499 e. The van der Waals surface area contributed by atoms with E-state index in [4.69, 9.17) is 0 Å². The number of rotatable bonds is 7. The molecule has 0 aromatic heterocycles. The molecule has 0 amide bonds. The number of nitro benzene ring substituents is 3. The molecule has 11 nitrogen and oxygen atoms in total. The minimum absolute atomic E-state index is 0.0941. The van der Waals surface area contributed by atoms with E-state index in [2.05, 4.69) is 10.1 Å². The van der Waals surface area contributed by atoms with Crippen LogP contribution in [0.25, 0.3) is 0 Å². The highest BCUT2D eigenvalue weighted by Crippen LogP contribution is 2.43. The molecule has 0 aliphatic heterocycles. The van der Waals surface area contributed by atoms with Crippen molar-refractivity contribution in [1.29, 1.82) is 0 Å². The molecular formula is C14H5F5I2N4O7. The summed E-state index contributed by atoms with van der Waals surface area (Å²) >= 11 is 2.98. The Kier molecular flexibility index (Phi) is 7.26. The van der Waals surface area contributed by atoms with E-state index in [1.807, 2.05) is 0 Å². The zero-order valence-corrected chi connectivity index (χ0v) is 19.0. The van der Waals surface area contributed by atoms with E-state index in [1.165, 1.54) is 22.6 Å². The van der Waals surface area contributed by atoms with Gasteiger partial charge in [0.05, 0.1) is 36.2 Å². The standard InChI is InChI=1S/C14H5F5I2N4O7/c15-13(16,17)14(18,19)32-11-4-8(6(20)3-7(11)21)22-12-9(24(28)29)1-5(23(26)27)2-10(12)25(30)31/h1-4,22H. The minimum Gasteiger partial charge on any atom is -0.425 e. The Morgan fingerprint density at radius 3 is 1.72 bits per heavy atom. The van der Waals surface area contributed by atoms with Crippen molar-refractivity contribution < 1.29 is 41.5 Å². The maximum atomic E-state index is 13.3. The summed E-state index contributed by atoms with van der Waals surface area (Å²) in [5, 5.41) is 35.8. The molecular weight excluding hydrogens is 685 g/mol. The van der Waals surface area contributed by atoms with Gasteiger partial charge >= 0.3 is 23.7 Å². The Balaban J connectivity index is 2.66. The predicted molar refractivity (Wildman–Crippen MR) is 113 cm³/mol. The summed E-state index contributed by atoms with van der Waals surface area (Å²) in [4.78, 5) is 30.2. The van der Waals surface area contributed by atoms with E-state index in [0.717, 1.165) is 6.07 Å². The Morgan fingerprint density at radius 2 is 1.31 bits per heavy atom. The second-order valence-corrected chi connectivity index (χ2v) is 7.96. The lowest BCUT2D eigenvalue weighted by atomic mass is 10.2. The number of halogens is 7. The van der Waals surface area contributed by atoms with Gasteiger partial charge in [-0.15, -0.1) is 0 Å². The molecule has 0 fully saturated rings. The van der Waals surface area contributed by atoms with Gasteiger partial charge in [0.25, 0.3) is 5.69 Å². The molecule has 0 spiro atoms.